The van der Waals surface area contributed by atoms with Crippen LogP contribution in [0.5, 0.6) is 0 Å². The predicted octanol–water partition coefficient (Wildman–Crippen LogP) is 2.93. The fourth-order valence-electron chi connectivity index (χ4n) is 1.03. The van der Waals surface area contributed by atoms with E-state index in [4.69, 9.17) is 0 Å². The maximum absolute atomic E-state index is 12.9. The minimum atomic E-state index is -3.71. The Morgan fingerprint density at radius 3 is 2.62 bits per heavy atom. The van der Waals surface area contributed by atoms with Crippen LogP contribution in [0.3, 0.4) is 0 Å². The van der Waals surface area contributed by atoms with E-state index in [0.29, 0.717) is 11.0 Å². The normalized spacial score (nSPS) is 19.8. The van der Waals surface area contributed by atoms with Crippen molar-refractivity contribution in [3.05, 3.63) is 29.4 Å². The van der Waals surface area contributed by atoms with Crippen molar-refractivity contribution in [2.24, 2.45) is 0 Å². The van der Waals surface area contributed by atoms with Gasteiger partial charge in [0.1, 0.15) is 10.8 Å². The molecular weight excluding hydrogens is 254 g/mol. The lowest BCUT2D eigenvalue weighted by Crippen LogP contribution is -2.12. The lowest BCUT2D eigenvalue weighted by atomic mass is 10.6. The molecule has 0 atom stereocenters. The summed E-state index contributed by atoms with van der Waals surface area (Å²) in [7, 11) is -3.71. The number of aromatic nitrogens is 3. The van der Waals surface area contributed by atoms with Crippen molar-refractivity contribution in [1.82, 2.24) is 15.2 Å². The molecule has 1 aromatic heterocycles. The second kappa shape index (κ2) is 4.38. The molecule has 0 bridgehead atoms. The van der Waals surface area contributed by atoms with E-state index in [-0.39, 0.29) is 0 Å². The van der Waals surface area contributed by atoms with Gasteiger partial charge in [0.2, 0.25) is 5.16 Å². The third-order valence-corrected chi connectivity index (χ3v) is 3.29. The van der Waals surface area contributed by atoms with Crippen LogP contribution in [0.25, 0.3) is 0 Å². The SMILES string of the molecule is CSc1nncc(N2C=CS(F)(F)C=C2)n1. The van der Waals surface area contributed by atoms with E-state index in [0.717, 1.165) is 10.8 Å². The van der Waals surface area contributed by atoms with E-state index in [1.807, 2.05) is 6.26 Å². The predicted molar refractivity (Wildman–Crippen MR) is 62.2 cm³/mol. The van der Waals surface area contributed by atoms with E-state index in [2.05, 4.69) is 15.2 Å². The van der Waals surface area contributed by atoms with Crippen LogP contribution in [-0.4, -0.2) is 21.4 Å². The van der Waals surface area contributed by atoms with Gasteiger partial charge in [-0.2, -0.15) is 5.10 Å². The molecule has 0 radical (unpaired) electrons. The molecule has 2 rings (SSSR count). The van der Waals surface area contributed by atoms with Gasteiger partial charge in [-0.15, -0.1) is 12.9 Å². The quantitative estimate of drug-likeness (QED) is 0.766. The number of rotatable bonds is 2. The standard InChI is InChI=1S/C8H8F2N4S2/c1-15-8-12-7(6-11-13-8)14-2-4-16(9,10)5-3-14/h2-6H,1H3. The van der Waals surface area contributed by atoms with E-state index in [1.54, 1.807) is 0 Å². The molecule has 0 aromatic carbocycles. The first-order valence-electron chi connectivity index (χ1n) is 4.22. The van der Waals surface area contributed by atoms with Gasteiger partial charge in [-0.25, -0.2) is 4.98 Å². The van der Waals surface area contributed by atoms with E-state index >= 15 is 0 Å². The Balaban J connectivity index is 2.23. The molecule has 0 N–H and O–H groups in total. The second-order valence-corrected chi connectivity index (χ2v) is 5.25. The van der Waals surface area contributed by atoms with Gasteiger partial charge in [-0.3, -0.25) is 0 Å². The number of nitrogens with zero attached hydrogens (tertiary/aromatic N) is 4. The summed E-state index contributed by atoms with van der Waals surface area (Å²) in [5, 5.41) is 9.78. The highest BCUT2D eigenvalue weighted by atomic mass is 32.3. The van der Waals surface area contributed by atoms with E-state index in [9.17, 15) is 7.77 Å². The summed E-state index contributed by atoms with van der Waals surface area (Å²) >= 11 is 1.34. The van der Waals surface area contributed by atoms with Crippen molar-refractivity contribution in [3.8, 4) is 0 Å². The first-order valence-corrected chi connectivity index (χ1v) is 7.00. The third kappa shape index (κ3) is 2.50. The summed E-state index contributed by atoms with van der Waals surface area (Å²) in [6.07, 6.45) is 5.83. The molecule has 0 unspecified atom stereocenters. The lowest BCUT2D eigenvalue weighted by Gasteiger charge is -2.21. The smallest absolute Gasteiger partial charge is 0.210 e. The van der Waals surface area contributed by atoms with Crippen molar-refractivity contribution < 1.29 is 7.77 Å². The van der Waals surface area contributed by atoms with Crippen LogP contribution >= 0.6 is 22.6 Å². The fraction of sp³-hybridized carbons (Fsp3) is 0.125. The zero-order valence-electron chi connectivity index (χ0n) is 8.25. The van der Waals surface area contributed by atoms with Crippen LogP contribution < -0.4 is 4.90 Å². The molecular formula is C8H8F2N4S2. The Labute approximate surface area is 97.4 Å². The highest BCUT2D eigenvalue weighted by molar-refractivity contribution is 8.30. The van der Waals surface area contributed by atoms with Crippen LogP contribution in [0.2, 0.25) is 0 Å². The van der Waals surface area contributed by atoms with Gasteiger partial charge >= 0.3 is 0 Å². The zero-order valence-corrected chi connectivity index (χ0v) is 9.88. The van der Waals surface area contributed by atoms with Crippen molar-refractivity contribution >= 4 is 28.4 Å². The van der Waals surface area contributed by atoms with E-state index < -0.39 is 10.8 Å². The van der Waals surface area contributed by atoms with Gasteiger partial charge in [-0.05, 0) is 6.26 Å². The number of hydrogen-bond donors (Lipinski definition) is 0. The largest absolute Gasteiger partial charge is 0.306 e. The summed E-state index contributed by atoms with van der Waals surface area (Å²) in [4.78, 5) is 5.62. The van der Waals surface area contributed by atoms with Crippen molar-refractivity contribution in [2.75, 3.05) is 11.2 Å². The molecule has 1 aliphatic rings. The van der Waals surface area contributed by atoms with Crippen molar-refractivity contribution in [1.29, 1.82) is 0 Å². The van der Waals surface area contributed by atoms with Gasteiger partial charge in [0, 0.05) is 23.2 Å². The van der Waals surface area contributed by atoms with Crippen molar-refractivity contribution in [2.45, 2.75) is 5.16 Å². The maximum Gasteiger partial charge on any atom is 0.210 e. The minimum Gasteiger partial charge on any atom is -0.306 e. The van der Waals surface area contributed by atoms with Crippen LogP contribution in [0.1, 0.15) is 0 Å². The number of hydrogen-bond acceptors (Lipinski definition) is 5. The highest BCUT2D eigenvalue weighted by Crippen LogP contribution is 2.56. The van der Waals surface area contributed by atoms with Gasteiger partial charge in [-0.1, -0.05) is 11.8 Å². The summed E-state index contributed by atoms with van der Waals surface area (Å²) in [5.41, 5.74) is 0. The Bertz CT molecular complexity index is 433. The lowest BCUT2D eigenvalue weighted by molar-refractivity contribution is 0.775. The summed E-state index contributed by atoms with van der Waals surface area (Å²) in [5.74, 6) is 0.474. The van der Waals surface area contributed by atoms with Crippen molar-refractivity contribution in [3.63, 3.8) is 0 Å². The van der Waals surface area contributed by atoms with Crippen LogP contribution in [0.15, 0.2) is 34.6 Å². The molecule has 8 heteroatoms. The molecule has 1 aliphatic heterocycles. The number of thioether (sulfide) groups is 1. The molecule has 0 fully saturated rings. The molecule has 0 aliphatic carbocycles. The Kier molecular flexibility index (Phi) is 3.10. The van der Waals surface area contributed by atoms with Gasteiger partial charge in [0.25, 0.3) is 0 Å². The second-order valence-electron chi connectivity index (χ2n) is 2.83. The molecule has 0 saturated carbocycles. The molecule has 0 spiro atoms. The molecule has 0 saturated heterocycles. The number of anilines is 1. The van der Waals surface area contributed by atoms with Crippen LogP contribution in [0.4, 0.5) is 13.6 Å². The monoisotopic (exact) mass is 262 g/mol. The molecule has 0 amide bonds. The summed E-state index contributed by atoms with van der Waals surface area (Å²) in [6, 6.07) is 0. The average molecular weight is 262 g/mol. The highest BCUT2D eigenvalue weighted by Gasteiger charge is 2.19. The summed E-state index contributed by atoms with van der Waals surface area (Å²) < 4.78 is 25.7. The fourth-order valence-corrected chi connectivity index (χ4v) is 2.02. The minimum absolute atomic E-state index is 0.474. The molecule has 1 aromatic rings. The third-order valence-electron chi connectivity index (χ3n) is 1.78. The first kappa shape index (κ1) is 11.3. The molecule has 86 valence electrons. The molecule has 2 heterocycles. The molecule has 16 heavy (non-hydrogen) atoms. The van der Waals surface area contributed by atoms with Crippen LogP contribution in [0, 0.1) is 0 Å². The van der Waals surface area contributed by atoms with Gasteiger partial charge in [0.15, 0.2) is 5.82 Å². The maximum atomic E-state index is 12.9. The topological polar surface area (TPSA) is 41.9 Å². The van der Waals surface area contributed by atoms with Gasteiger partial charge in [0.05, 0.1) is 6.20 Å². The van der Waals surface area contributed by atoms with E-state index in [1.165, 1.54) is 35.3 Å². The first-order chi connectivity index (χ1) is 7.61. The van der Waals surface area contributed by atoms with Crippen LogP contribution in [-0.2, 0) is 0 Å². The average Bonchev–Trinajstić information content (AvgIpc) is 2.29. The summed E-state index contributed by atoms with van der Waals surface area (Å²) in [6.45, 7) is 0. The van der Waals surface area contributed by atoms with Gasteiger partial charge < -0.3 is 4.90 Å². The Morgan fingerprint density at radius 2 is 2.00 bits per heavy atom. The molecule has 4 nitrogen and oxygen atoms in total. The Hall–Kier alpha value is -1.15. The number of halogens is 2. The Morgan fingerprint density at radius 1 is 1.31 bits per heavy atom. The zero-order chi connectivity index (χ0) is 11.6.